The van der Waals surface area contributed by atoms with Gasteiger partial charge in [-0.3, -0.25) is 14.3 Å². The number of carbonyl (C=O) groups excluding carboxylic acids is 1. The quantitative estimate of drug-likeness (QED) is 0.727. The minimum Gasteiger partial charge on any atom is -0.350 e. The number of anilines is 1. The molecular formula is C18H22N8O. The van der Waals surface area contributed by atoms with E-state index in [0.717, 1.165) is 60.9 Å². The highest BCUT2D eigenvalue weighted by atomic mass is 16.2. The summed E-state index contributed by atoms with van der Waals surface area (Å²) in [5.74, 6) is 1.70. The maximum atomic E-state index is 13.0. The fraction of sp³-hybridized carbons (Fsp3) is 0.500. The summed E-state index contributed by atoms with van der Waals surface area (Å²) < 4.78 is 1.94. The van der Waals surface area contributed by atoms with Gasteiger partial charge in [-0.1, -0.05) is 0 Å². The lowest BCUT2D eigenvalue weighted by molar-refractivity contribution is 0.0739. The normalized spacial score (nSPS) is 17.4. The van der Waals surface area contributed by atoms with Crippen LogP contribution in [0.1, 0.15) is 40.4 Å². The fourth-order valence-electron chi connectivity index (χ4n) is 4.08. The summed E-state index contributed by atoms with van der Waals surface area (Å²) in [6, 6.07) is 0. The number of H-pyrrole nitrogens is 1. The summed E-state index contributed by atoms with van der Waals surface area (Å²) in [5, 5.41) is 15.8. The molecule has 0 saturated carbocycles. The molecule has 0 spiro atoms. The molecule has 9 heteroatoms. The number of aromatic amines is 1. The van der Waals surface area contributed by atoms with Gasteiger partial charge < -0.3 is 9.80 Å². The van der Waals surface area contributed by atoms with Crippen molar-refractivity contribution < 1.29 is 4.79 Å². The molecule has 2 aliphatic rings. The van der Waals surface area contributed by atoms with Crippen LogP contribution in [0.3, 0.4) is 0 Å². The van der Waals surface area contributed by atoms with Gasteiger partial charge in [0.05, 0.1) is 0 Å². The number of rotatable bonds is 2. The molecule has 1 saturated heterocycles. The highest BCUT2D eigenvalue weighted by Crippen LogP contribution is 2.24. The number of fused-ring (bicyclic) bond motifs is 2. The average Bonchev–Trinajstić information content (AvgIpc) is 3.32. The van der Waals surface area contributed by atoms with E-state index in [1.165, 1.54) is 6.42 Å². The monoisotopic (exact) mass is 366 g/mol. The van der Waals surface area contributed by atoms with Crippen LogP contribution in [-0.4, -0.2) is 66.8 Å². The van der Waals surface area contributed by atoms with Gasteiger partial charge in [-0.2, -0.15) is 5.10 Å². The van der Waals surface area contributed by atoms with Crippen molar-refractivity contribution in [2.75, 3.05) is 31.1 Å². The number of aromatic nitrogens is 6. The van der Waals surface area contributed by atoms with Crippen molar-refractivity contribution in [1.29, 1.82) is 0 Å². The van der Waals surface area contributed by atoms with E-state index in [1.54, 1.807) is 6.20 Å². The zero-order valence-electron chi connectivity index (χ0n) is 15.4. The maximum absolute atomic E-state index is 13.0. The Labute approximate surface area is 156 Å². The smallest absolute Gasteiger partial charge is 0.274 e. The zero-order chi connectivity index (χ0) is 18.4. The molecular weight excluding hydrogens is 344 g/mol. The summed E-state index contributed by atoms with van der Waals surface area (Å²) in [6.45, 7) is 4.66. The van der Waals surface area contributed by atoms with Crippen molar-refractivity contribution in [3.05, 3.63) is 35.2 Å². The van der Waals surface area contributed by atoms with Crippen LogP contribution in [0.5, 0.6) is 0 Å². The number of hydrogen-bond donors (Lipinski definition) is 1. The maximum Gasteiger partial charge on any atom is 0.274 e. The van der Waals surface area contributed by atoms with Crippen LogP contribution in [0.15, 0.2) is 12.4 Å². The molecule has 9 nitrogen and oxygen atoms in total. The summed E-state index contributed by atoms with van der Waals surface area (Å²) in [7, 11) is 0. The van der Waals surface area contributed by atoms with Gasteiger partial charge in [-0.25, -0.2) is 4.98 Å². The Morgan fingerprint density at radius 1 is 1.11 bits per heavy atom. The first-order chi connectivity index (χ1) is 13.2. The van der Waals surface area contributed by atoms with Gasteiger partial charge in [0.2, 0.25) is 5.65 Å². The molecule has 4 heterocycles. The molecule has 1 aliphatic heterocycles. The predicted molar refractivity (Wildman–Crippen MR) is 98.9 cm³/mol. The standard InChI is InChI=1S/C18H22N8O/c1-12-20-23-17-16(19-6-7-26(12)17)24-8-10-25(11-9-24)18(27)15-13-4-2-3-5-14(13)21-22-15/h6-7H,2-5,8-11H2,1H3,(H,21,22). The van der Waals surface area contributed by atoms with Gasteiger partial charge in [-0.15, -0.1) is 10.2 Å². The van der Waals surface area contributed by atoms with E-state index >= 15 is 0 Å². The molecule has 5 rings (SSSR count). The van der Waals surface area contributed by atoms with Crippen molar-refractivity contribution in [2.45, 2.75) is 32.6 Å². The first-order valence-electron chi connectivity index (χ1n) is 9.49. The van der Waals surface area contributed by atoms with Gasteiger partial charge in [0.1, 0.15) is 5.82 Å². The minimum atomic E-state index is 0.0403. The largest absolute Gasteiger partial charge is 0.350 e. The molecule has 3 aromatic rings. The van der Waals surface area contributed by atoms with E-state index < -0.39 is 0 Å². The highest BCUT2D eigenvalue weighted by molar-refractivity contribution is 5.94. The molecule has 0 atom stereocenters. The number of carbonyl (C=O) groups is 1. The van der Waals surface area contributed by atoms with Crippen LogP contribution < -0.4 is 4.90 Å². The van der Waals surface area contributed by atoms with Gasteiger partial charge >= 0.3 is 0 Å². The lowest BCUT2D eigenvalue weighted by atomic mass is 9.95. The summed E-state index contributed by atoms with van der Waals surface area (Å²) in [5.41, 5.74) is 3.64. The third kappa shape index (κ3) is 2.65. The second kappa shape index (κ2) is 6.33. The number of hydrogen-bond acceptors (Lipinski definition) is 6. The SMILES string of the molecule is Cc1nnc2c(N3CCN(C(=O)c4n[nH]c5c4CCCC5)CC3)nccn12. The van der Waals surface area contributed by atoms with Crippen molar-refractivity contribution in [3.8, 4) is 0 Å². The van der Waals surface area contributed by atoms with Crippen LogP contribution in [0.2, 0.25) is 0 Å². The Morgan fingerprint density at radius 3 is 2.78 bits per heavy atom. The Morgan fingerprint density at radius 2 is 1.93 bits per heavy atom. The number of nitrogens with one attached hydrogen (secondary N) is 1. The average molecular weight is 366 g/mol. The Balaban J connectivity index is 1.33. The highest BCUT2D eigenvalue weighted by Gasteiger charge is 2.29. The van der Waals surface area contributed by atoms with E-state index in [9.17, 15) is 4.79 Å². The summed E-state index contributed by atoms with van der Waals surface area (Å²) in [6.07, 6.45) is 7.89. The molecule has 140 valence electrons. The fourth-order valence-corrected chi connectivity index (χ4v) is 4.08. The molecule has 27 heavy (non-hydrogen) atoms. The Bertz CT molecular complexity index is 998. The van der Waals surface area contributed by atoms with E-state index in [-0.39, 0.29) is 5.91 Å². The molecule has 0 unspecified atom stereocenters. The molecule has 1 amide bonds. The Hall–Kier alpha value is -2.97. The molecule has 1 N–H and O–H groups in total. The first-order valence-corrected chi connectivity index (χ1v) is 9.49. The van der Waals surface area contributed by atoms with Gasteiger partial charge in [-0.05, 0) is 32.6 Å². The molecule has 0 radical (unpaired) electrons. The second-order valence-corrected chi connectivity index (χ2v) is 7.21. The third-order valence-electron chi connectivity index (χ3n) is 5.60. The van der Waals surface area contributed by atoms with E-state index in [2.05, 4.69) is 30.3 Å². The predicted octanol–water partition coefficient (Wildman–Crippen LogP) is 0.997. The van der Waals surface area contributed by atoms with E-state index in [4.69, 9.17) is 0 Å². The number of amides is 1. The van der Waals surface area contributed by atoms with Crippen LogP contribution in [-0.2, 0) is 12.8 Å². The van der Waals surface area contributed by atoms with Crippen molar-refractivity contribution in [2.24, 2.45) is 0 Å². The number of nitrogens with zero attached hydrogens (tertiary/aromatic N) is 7. The lowest BCUT2D eigenvalue weighted by Gasteiger charge is -2.35. The molecule has 1 aliphatic carbocycles. The molecule has 1 fully saturated rings. The van der Waals surface area contributed by atoms with Gasteiger partial charge in [0.15, 0.2) is 11.5 Å². The number of aryl methyl sites for hydroxylation is 2. The first kappa shape index (κ1) is 16.2. The van der Waals surface area contributed by atoms with E-state index in [0.29, 0.717) is 18.8 Å². The van der Waals surface area contributed by atoms with Crippen LogP contribution in [0.4, 0.5) is 5.82 Å². The summed E-state index contributed by atoms with van der Waals surface area (Å²) in [4.78, 5) is 21.6. The lowest BCUT2D eigenvalue weighted by Crippen LogP contribution is -2.49. The Kier molecular flexibility index (Phi) is 3.80. The third-order valence-corrected chi connectivity index (χ3v) is 5.60. The minimum absolute atomic E-state index is 0.0403. The van der Waals surface area contributed by atoms with E-state index in [1.807, 2.05) is 22.4 Å². The second-order valence-electron chi connectivity index (χ2n) is 7.21. The van der Waals surface area contributed by atoms with Crippen LogP contribution in [0.25, 0.3) is 5.65 Å². The van der Waals surface area contributed by atoms with Gasteiger partial charge in [0, 0.05) is 49.8 Å². The molecule has 3 aromatic heterocycles. The van der Waals surface area contributed by atoms with Crippen molar-refractivity contribution in [1.82, 2.24) is 34.7 Å². The van der Waals surface area contributed by atoms with Crippen molar-refractivity contribution >= 4 is 17.4 Å². The van der Waals surface area contributed by atoms with Crippen LogP contribution >= 0.6 is 0 Å². The zero-order valence-corrected chi connectivity index (χ0v) is 15.4. The number of piperazine rings is 1. The molecule has 0 bridgehead atoms. The topological polar surface area (TPSA) is 95.3 Å². The molecule has 0 aromatic carbocycles. The van der Waals surface area contributed by atoms with Gasteiger partial charge in [0.25, 0.3) is 5.91 Å². The summed E-state index contributed by atoms with van der Waals surface area (Å²) >= 11 is 0. The van der Waals surface area contributed by atoms with Crippen LogP contribution in [0, 0.1) is 6.92 Å². The van der Waals surface area contributed by atoms with Crippen molar-refractivity contribution in [3.63, 3.8) is 0 Å².